The number of aryl methyl sites for hydroxylation is 1. The molecule has 0 spiro atoms. The van der Waals surface area contributed by atoms with Gasteiger partial charge in [0.2, 0.25) is 0 Å². The monoisotopic (exact) mass is 320 g/mol. The van der Waals surface area contributed by atoms with Crippen LogP contribution in [0.4, 0.5) is 0 Å². The zero-order valence-electron chi connectivity index (χ0n) is 11.3. The predicted molar refractivity (Wildman–Crippen MR) is 80.6 cm³/mol. The molecule has 0 saturated heterocycles. The molecule has 4 heteroatoms. The number of hydrogen-bond donors (Lipinski definition) is 1. The van der Waals surface area contributed by atoms with E-state index >= 15 is 0 Å². The lowest BCUT2D eigenvalue weighted by Crippen LogP contribution is -2.20. The van der Waals surface area contributed by atoms with E-state index in [0.717, 1.165) is 15.9 Å². The molecule has 1 atom stereocenters. The molecule has 1 heterocycles. The highest BCUT2D eigenvalue weighted by atomic mass is 79.9. The Morgan fingerprint density at radius 1 is 1.32 bits per heavy atom. The van der Waals surface area contributed by atoms with Crippen LogP contribution < -0.4 is 10.1 Å². The van der Waals surface area contributed by atoms with Crippen molar-refractivity contribution in [3.05, 3.63) is 57.8 Å². The molecular weight excluding hydrogens is 304 g/mol. The van der Waals surface area contributed by atoms with E-state index in [0.29, 0.717) is 0 Å². The van der Waals surface area contributed by atoms with Gasteiger partial charge < -0.3 is 10.1 Å². The van der Waals surface area contributed by atoms with Gasteiger partial charge in [0.05, 0.1) is 13.2 Å². The first-order valence-corrected chi connectivity index (χ1v) is 6.89. The van der Waals surface area contributed by atoms with E-state index in [2.05, 4.69) is 45.3 Å². The second-order valence-corrected chi connectivity index (χ2v) is 5.23. The average Bonchev–Trinajstić information content (AvgIpc) is 2.42. The fraction of sp³-hybridized carbons (Fsp3) is 0.267. The Morgan fingerprint density at radius 3 is 2.74 bits per heavy atom. The van der Waals surface area contributed by atoms with Gasteiger partial charge in [-0.15, -0.1) is 0 Å². The van der Waals surface area contributed by atoms with E-state index in [9.17, 15) is 0 Å². The molecule has 0 fully saturated rings. The highest BCUT2D eigenvalue weighted by molar-refractivity contribution is 9.10. The van der Waals surface area contributed by atoms with Crippen molar-refractivity contribution in [3.8, 4) is 5.75 Å². The molecule has 2 rings (SSSR count). The largest absolute Gasteiger partial charge is 0.495 e. The summed E-state index contributed by atoms with van der Waals surface area (Å²) in [6.45, 7) is 2.10. The van der Waals surface area contributed by atoms with Crippen LogP contribution in [0.25, 0.3) is 0 Å². The van der Waals surface area contributed by atoms with Crippen molar-refractivity contribution in [2.24, 2.45) is 0 Å². The minimum Gasteiger partial charge on any atom is -0.495 e. The van der Waals surface area contributed by atoms with Gasteiger partial charge in [0.1, 0.15) is 11.4 Å². The van der Waals surface area contributed by atoms with Gasteiger partial charge in [0.15, 0.2) is 0 Å². The summed E-state index contributed by atoms with van der Waals surface area (Å²) in [6, 6.07) is 10.1. The van der Waals surface area contributed by atoms with Crippen LogP contribution in [-0.2, 0) is 0 Å². The quantitative estimate of drug-likeness (QED) is 0.936. The second-order valence-electron chi connectivity index (χ2n) is 4.31. The number of benzene rings is 1. The summed E-state index contributed by atoms with van der Waals surface area (Å²) < 4.78 is 6.48. The molecule has 1 unspecified atom stereocenters. The molecule has 0 aliphatic rings. The number of pyridine rings is 1. The van der Waals surface area contributed by atoms with Gasteiger partial charge in [-0.3, -0.25) is 4.98 Å². The van der Waals surface area contributed by atoms with Gasteiger partial charge in [0.25, 0.3) is 0 Å². The van der Waals surface area contributed by atoms with Crippen molar-refractivity contribution in [2.75, 3.05) is 14.2 Å². The van der Waals surface area contributed by atoms with Crippen molar-refractivity contribution in [1.82, 2.24) is 10.3 Å². The number of halogens is 1. The maximum absolute atomic E-state index is 5.40. The molecule has 0 bridgehead atoms. The topological polar surface area (TPSA) is 34.2 Å². The lowest BCUT2D eigenvalue weighted by Gasteiger charge is -2.20. The third-order valence-electron chi connectivity index (χ3n) is 3.12. The molecule has 0 amide bonds. The van der Waals surface area contributed by atoms with E-state index in [4.69, 9.17) is 4.74 Å². The Morgan fingerprint density at radius 2 is 2.11 bits per heavy atom. The highest BCUT2D eigenvalue weighted by Gasteiger charge is 2.19. The van der Waals surface area contributed by atoms with Crippen LogP contribution in [0.15, 0.2) is 41.0 Å². The molecule has 100 valence electrons. The van der Waals surface area contributed by atoms with Gasteiger partial charge in [-0.1, -0.05) is 22.0 Å². The third-order valence-corrected chi connectivity index (χ3v) is 3.62. The lowest BCUT2D eigenvalue weighted by molar-refractivity contribution is 0.401. The first-order chi connectivity index (χ1) is 9.17. The van der Waals surface area contributed by atoms with Gasteiger partial charge >= 0.3 is 0 Å². The van der Waals surface area contributed by atoms with E-state index in [-0.39, 0.29) is 6.04 Å². The third kappa shape index (κ3) is 2.96. The van der Waals surface area contributed by atoms with Crippen LogP contribution in [0, 0.1) is 6.92 Å². The first-order valence-electron chi connectivity index (χ1n) is 6.09. The molecule has 1 aromatic heterocycles. The fourth-order valence-electron chi connectivity index (χ4n) is 2.19. The number of methoxy groups -OCH3 is 1. The van der Waals surface area contributed by atoms with Gasteiger partial charge in [-0.2, -0.15) is 0 Å². The number of nitrogens with one attached hydrogen (secondary N) is 1. The SMILES string of the molecule is CNC(c1ccc(Br)cc1C)c1ncccc1OC. The van der Waals surface area contributed by atoms with Crippen LogP contribution in [0.2, 0.25) is 0 Å². The summed E-state index contributed by atoms with van der Waals surface area (Å²) in [5, 5.41) is 3.31. The zero-order chi connectivity index (χ0) is 13.8. The molecule has 2 aromatic rings. The summed E-state index contributed by atoms with van der Waals surface area (Å²) >= 11 is 3.49. The molecule has 3 nitrogen and oxygen atoms in total. The number of aromatic nitrogens is 1. The van der Waals surface area contributed by atoms with Crippen molar-refractivity contribution in [2.45, 2.75) is 13.0 Å². The van der Waals surface area contributed by atoms with Crippen LogP contribution >= 0.6 is 15.9 Å². The van der Waals surface area contributed by atoms with E-state index in [1.807, 2.05) is 25.2 Å². The Kier molecular flexibility index (Phi) is 4.56. The molecule has 0 aliphatic carbocycles. The second kappa shape index (κ2) is 6.17. The average molecular weight is 321 g/mol. The molecular formula is C15H17BrN2O. The Balaban J connectivity index is 2.50. The van der Waals surface area contributed by atoms with Crippen molar-refractivity contribution < 1.29 is 4.74 Å². The van der Waals surface area contributed by atoms with Gasteiger partial charge in [-0.25, -0.2) is 0 Å². The minimum absolute atomic E-state index is 0.0178. The number of hydrogen-bond acceptors (Lipinski definition) is 3. The molecule has 0 saturated carbocycles. The van der Waals surface area contributed by atoms with Crippen molar-refractivity contribution >= 4 is 15.9 Å². The molecule has 1 aromatic carbocycles. The first kappa shape index (κ1) is 14.0. The van der Waals surface area contributed by atoms with Crippen LogP contribution in [0.5, 0.6) is 5.75 Å². The molecule has 0 aliphatic heterocycles. The summed E-state index contributed by atoms with van der Waals surface area (Å²) in [4.78, 5) is 4.46. The van der Waals surface area contributed by atoms with Crippen molar-refractivity contribution in [3.63, 3.8) is 0 Å². The van der Waals surface area contributed by atoms with Crippen LogP contribution in [0.3, 0.4) is 0 Å². The standard InChI is InChI=1S/C15H17BrN2O/c1-10-9-11(16)6-7-12(10)14(17-2)15-13(19-3)5-4-8-18-15/h4-9,14,17H,1-3H3. The minimum atomic E-state index is 0.0178. The van der Waals surface area contributed by atoms with E-state index < -0.39 is 0 Å². The Bertz CT molecular complexity index is 572. The molecule has 19 heavy (non-hydrogen) atoms. The van der Waals surface area contributed by atoms with Gasteiger partial charge in [0, 0.05) is 10.7 Å². The summed E-state index contributed by atoms with van der Waals surface area (Å²) in [5.74, 6) is 0.796. The highest BCUT2D eigenvalue weighted by Crippen LogP contribution is 2.30. The summed E-state index contributed by atoms with van der Waals surface area (Å²) in [5.41, 5.74) is 3.31. The number of nitrogens with zero attached hydrogens (tertiary/aromatic N) is 1. The summed E-state index contributed by atoms with van der Waals surface area (Å²) in [6.07, 6.45) is 1.79. The van der Waals surface area contributed by atoms with Crippen molar-refractivity contribution in [1.29, 1.82) is 0 Å². The maximum Gasteiger partial charge on any atom is 0.142 e. The van der Waals surface area contributed by atoms with Gasteiger partial charge in [-0.05, 0) is 49.4 Å². The van der Waals surface area contributed by atoms with E-state index in [1.165, 1.54) is 11.1 Å². The maximum atomic E-state index is 5.40. The Hall–Kier alpha value is -1.39. The number of ether oxygens (including phenoxy) is 1. The zero-order valence-corrected chi connectivity index (χ0v) is 12.9. The fourth-order valence-corrected chi connectivity index (χ4v) is 2.67. The lowest BCUT2D eigenvalue weighted by atomic mass is 9.98. The summed E-state index contributed by atoms with van der Waals surface area (Å²) in [7, 11) is 3.60. The normalized spacial score (nSPS) is 12.2. The molecule has 0 radical (unpaired) electrons. The predicted octanol–water partition coefficient (Wildman–Crippen LogP) is 3.47. The van der Waals surface area contributed by atoms with Crippen LogP contribution in [-0.4, -0.2) is 19.1 Å². The van der Waals surface area contributed by atoms with E-state index in [1.54, 1.807) is 13.3 Å². The number of rotatable bonds is 4. The smallest absolute Gasteiger partial charge is 0.142 e. The molecule has 1 N–H and O–H groups in total. The van der Waals surface area contributed by atoms with Crippen LogP contribution in [0.1, 0.15) is 22.9 Å². The Labute approximate surface area is 122 Å².